The first-order chi connectivity index (χ1) is 16.5. The van der Waals surface area contributed by atoms with E-state index in [1.165, 1.54) is 0 Å². The number of nitrogens with zero attached hydrogens (tertiary/aromatic N) is 3. The number of anilines is 1. The largest absolute Gasteiger partial charge is 0.378 e. The van der Waals surface area contributed by atoms with E-state index >= 15 is 0 Å². The Morgan fingerprint density at radius 2 is 2.09 bits per heavy atom. The number of carbonyl (C=O) groups excluding carboxylic acids is 1. The number of aliphatic hydroxyl groups is 1. The van der Waals surface area contributed by atoms with E-state index in [2.05, 4.69) is 32.4 Å². The van der Waals surface area contributed by atoms with Gasteiger partial charge in [0.25, 0.3) is 5.91 Å². The summed E-state index contributed by atoms with van der Waals surface area (Å²) in [6.07, 6.45) is 9.95. The minimum atomic E-state index is -0.921. The number of nitrogens with one attached hydrogen (secondary N) is 2. The van der Waals surface area contributed by atoms with Crippen molar-refractivity contribution in [1.82, 2.24) is 25.2 Å². The van der Waals surface area contributed by atoms with Crippen LogP contribution in [-0.4, -0.2) is 50.3 Å². The number of amides is 1. The summed E-state index contributed by atoms with van der Waals surface area (Å²) in [5.74, 6) is 6.88. The molecule has 1 aliphatic carbocycles. The highest BCUT2D eigenvalue weighted by atomic mass is 16.3. The molecule has 2 aromatic heterocycles. The van der Waals surface area contributed by atoms with Crippen molar-refractivity contribution in [2.45, 2.75) is 56.6 Å². The number of benzene rings is 1. The first kappa shape index (κ1) is 22.4. The van der Waals surface area contributed by atoms with E-state index in [4.69, 9.17) is 5.73 Å². The molecule has 0 spiro atoms. The first-order valence-corrected chi connectivity index (χ1v) is 12.0. The molecule has 2 aliphatic rings. The van der Waals surface area contributed by atoms with Gasteiger partial charge in [0.1, 0.15) is 11.4 Å². The van der Waals surface area contributed by atoms with Gasteiger partial charge in [-0.1, -0.05) is 24.3 Å². The number of nitrogens with two attached hydrogens (primary N) is 1. The number of rotatable bonds is 3. The van der Waals surface area contributed by atoms with Gasteiger partial charge in [-0.2, -0.15) is 4.98 Å². The fraction of sp³-hybridized carbons (Fsp3) is 0.423. The van der Waals surface area contributed by atoms with Crippen LogP contribution in [0, 0.1) is 11.8 Å². The van der Waals surface area contributed by atoms with Crippen LogP contribution in [0.15, 0.2) is 36.7 Å². The van der Waals surface area contributed by atoms with Crippen molar-refractivity contribution in [3.05, 3.63) is 47.8 Å². The quantitative estimate of drug-likeness (QED) is 0.448. The van der Waals surface area contributed by atoms with Gasteiger partial charge in [-0.3, -0.25) is 4.79 Å². The van der Waals surface area contributed by atoms with Crippen molar-refractivity contribution in [3.8, 4) is 17.7 Å². The van der Waals surface area contributed by atoms with Gasteiger partial charge in [-0.25, -0.2) is 4.98 Å². The van der Waals surface area contributed by atoms with Crippen LogP contribution in [0.1, 0.15) is 60.9 Å². The molecule has 0 unspecified atom stereocenters. The molecule has 5 rings (SSSR count). The fourth-order valence-corrected chi connectivity index (χ4v) is 4.86. The molecule has 1 aromatic carbocycles. The summed E-state index contributed by atoms with van der Waals surface area (Å²) < 4.78 is 1.85. The van der Waals surface area contributed by atoms with Gasteiger partial charge in [-0.05, 0) is 63.3 Å². The van der Waals surface area contributed by atoms with E-state index in [1.54, 1.807) is 18.5 Å². The zero-order valence-electron chi connectivity index (χ0n) is 19.2. The number of nitrogen functional groups attached to an aromatic ring is 1. The molecule has 8 heteroatoms. The Hall–Kier alpha value is -3.41. The summed E-state index contributed by atoms with van der Waals surface area (Å²) >= 11 is 0. The lowest BCUT2D eigenvalue weighted by atomic mass is 9.85. The Morgan fingerprint density at radius 1 is 1.24 bits per heavy atom. The van der Waals surface area contributed by atoms with Crippen LogP contribution in [0.2, 0.25) is 0 Å². The Balaban J connectivity index is 1.54. The zero-order chi connectivity index (χ0) is 23.5. The summed E-state index contributed by atoms with van der Waals surface area (Å²) in [6, 6.07) is 7.62. The second kappa shape index (κ2) is 9.45. The van der Waals surface area contributed by atoms with Gasteiger partial charge >= 0.3 is 0 Å². The topological polar surface area (TPSA) is 118 Å². The van der Waals surface area contributed by atoms with Gasteiger partial charge in [0.05, 0.1) is 11.1 Å². The third-order valence-electron chi connectivity index (χ3n) is 6.71. The third-order valence-corrected chi connectivity index (χ3v) is 6.71. The van der Waals surface area contributed by atoms with Crippen LogP contribution < -0.4 is 16.4 Å². The van der Waals surface area contributed by atoms with E-state index in [1.807, 2.05) is 22.8 Å². The molecular formula is C26H30N6O2. The lowest BCUT2D eigenvalue weighted by Crippen LogP contribution is -2.45. The molecule has 1 saturated carbocycles. The van der Waals surface area contributed by atoms with E-state index in [0.717, 1.165) is 61.7 Å². The summed E-state index contributed by atoms with van der Waals surface area (Å²) in [7, 11) is 0. The van der Waals surface area contributed by atoms with Crippen molar-refractivity contribution < 1.29 is 9.90 Å². The lowest BCUT2D eigenvalue weighted by Gasteiger charge is -2.26. The van der Waals surface area contributed by atoms with Crippen LogP contribution in [0.25, 0.3) is 16.7 Å². The molecule has 5 N–H and O–H groups in total. The molecule has 1 aliphatic heterocycles. The summed E-state index contributed by atoms with van der Waals surface area (Å²) in [5, 5.41) is 18.1. The van der Waals surface area contributed by atoms with Crippen LogP contribution >= 0.6 is 0 Å². The van der Waals surface area contributed by atoms with Crippen LogP contribution in [-0.2, 0) is 0 Å². The maximum atomic E-state index is 13.2. The van der Waals surface area contributed by atoms with Gasteiger partial charge in [0.15, 0.2) is 0 Å². The van der Waals surface area contributed by atoms with Crippen molar-refractivity contribution >= 4 is 22.8 Å². The molecule has 8 nitrogen and oxygen atoms in total. The van der Waals surface area contributed by atoms with Gasteiger partial charge in [-0.15, -0.1) is 0 Å². The van der Waals surface area contributed by atoms with Gasteiger partial charge in [0, 0.05) is 35.9 Å². The molecule has 2 fully saturated rings. The van der Waals surface area contributed by atoms with Crippen LogP contribution in [0.3, 0.4) is 0 Å². The molecule has 176 valence electrons. The van der Waals surface area contributed by atoms with Gasteiger partial charge in [0.2, 0.25) is 5.95 Å². The highest BCUT2D eigenvalue weighted by molar-refractivity contribution is 6.07. The monoisotopic (exact) mass is 458 g/mol. The normalized spacial score (nSPS) is 19.9. The second-order valence-corrected chi connectivity index (χ2v) is 9.28. The van der Waals surface area contributed by atoms with Crippen molar-refractivity contribution in [1.29, 1.82) is 0 Å². The Kier molecular flexibility index (Phi) is 6.22. The number of piperidine rings is 1. The highest BCUT2D eigenvalue weighted by Crippen LogP contribution is 2.28. The SMILES string of the molecule is Nc1nccc(-n2cc(C(=O)N[C@H]3CCCNC3)c3ccc(C#CC4(O)CCCCC4)cc32)n1. The molecule has 1 saturated heterocycles. The highest BCUT2D eigenvalue weighted by Gasteiger charge is 2.26. The molecule has 1 amide bonds. The molecular weight excluding hydrogens is 428 g/mol. The summed E-state index contributed by atoms with van der Waals surface area (Å²) in [4.78, 5) is 21.6. The standard InChI is InChI=1S/C26H30N6O2/c27-25-29-14-9-23(31-25)32-17-21(24(33)30-19-5-4-13-28-16-19)20-7-6-18(15-22(20)32)8-12-26(34)10-2-1-3-11-26/h6-7,9,14-15,17,19,28,34H,1-5,10-11,13,16H2,(H,30,33)(H2,27,29,31)/t19-/m0/s1. The molecule has 1 atom stereocenters. The van der Waals surface area contributed by atoms with E-state index in [0.29, 0.717) is 24.2 Å². The maximum Gasteiger partial charge on any atom is 0.253 e. The maximum absolute atomic E-state index is 13.2. The van der Waals surface area contributed by atoms with E-state index in [-0.39, 0.29) is 17.9 Å². The predicted molar refractivity (Wildman–Crippen MR) is 132 cm³/mol. The van der Waals surface area contributed by atoms with E-state index < -0.39 is 5.60 Å². The van der Waals surface area contributed by atoms with Crippen molar-refractivity contribution in [3.63, 3.8) is 0 Å². The minimum absolute atomic E-state index is 0.107. The lowest BCUT2D eigenvalue weighted by molar-refractivity contribution is 0.0610. The average Bonchev–Trinajstić information content (AvgIpc) is 3.23. The van der Waals surface area contributed by atoms with Gasteiger partial charge < -0.3 is 26.0 Å². The number of carbonyl (C=O) groups is 1. The predicted octanol–water partition coefficient (Wildman–Crippen LogP) is 2.53. The molecule has 3 aromatic rings. The molecule has 0 radical (unpaired) electrons. The zero-order valence-corrected chi connectivity index (χ0v) is 19.2. The molecule has 0 bridgehead atoms. The Bertz CT molecular complexity index is 1260. The molecule has 3 heterocycles. The van der Waals surface area contributed by atoms with Crippen molar-refractivity contribution in [2.24, 2.45) is 0 Å². The third kappa shape index (κ3) is 4.76. The second-order valence-electron chi connectivity index (χ2n) is 9.28. The average molecular weight is 459 g/mol. The smallest absolute Gasteiger partial charge is 0.253 e. The van der Waals surface area contributed by atoms with Crippen LogP contribution in [0.5, 0.6) is 0 Å². The van der Waals surface area contributed by atoms with Crippen molar-refractivity contribution in [2.75, 3.05) is 18.8 Å². The molecule has 34 heavy (non-hydrogen) atoms. The number of hydrogen-bond donors (Lipinski definition) is 4. The summed E-state index contributed by atoms with van der Waals surface area (Å²) in [5.41, 5.74) is 7.06. The number of hydrogen-bond acceptors (Lipinski definition) is 6. The Morgan fingerprint density at radius 3 is 2.85 bits per heavy atom. The Labute approximate surface area is 199 Å². The van der Waals surface area contributed by atoms with Crippen LogP contribution in [0.4, 0.5) is 5.95 Å². The van der Waals surface area contributed by atoms with E-state index in [9.17, 15) is 9.90 Å². The first-order valence-electron chi connectivity index (χ1n) is 12.0. The number of aromatic nitrogens is 3. The fourth-order valence-electron chi connectivity index (χ4n) is 4.86. The minimum Gasteiger partial charge on any atom is -0.378 e. The number of fused-ring (bicyclic) bond motifs is 1. The summed E-state index contributed by atoms with van der Waals surface area (Å²) in [6.45, 7) is 1.76.